The van der Waals surface area contributed by atoms with E-state index >= 15 is 0 Å². The third-order valence-corrected chi connectivity index (χ3v) is 6.26. The smallest absolute Gasteiger partial charge is 0.234 e. The molecule has 3 rings (SSSR count). The summed E-state index contributed by atoms with van der Waals surface area (Å²) < 4.78 is 0.699. The minimum Gasteiger partial charge on any atom is -0.325 e. The lowest BCUT2D eigenvalue weighted by Crippen LogP contribution is -2.32. The number of amides is 2. The van der Waals surface area contributed by atoms with Gasteiger partial charge in [-0.25, -0.2) is 0 Å². The molecule has 1 heterocycles. The summed E-state index contributed by atoms with van der Waals surface area (Å²) in [5, 5.41) is 11.8. The fourth-order valence-corrected chi connectivity index (χ4v) is 4.20. The minimum atomic E-state index is -0.0845. The molecule has 6 nitrogen and oxygen atoms in total. The summed E-state index contributed by atoms with van der Waals surface area (Å²) in [4.78, 5) is 26.0. The van der Waals surface area contributed by atoms with E-state index in [-0.39, 0.29) is 23.6 Å². The van der Waals surface area contributed by atoms with Crippen LogP contribution >= 0.6 is 23.1 Å². The second kappa shape index (κ2) is 8.18. The van der Waals surface area contributed by atoms with Gasteiger partial charge in [-0.2, -0.15) is 0 Å². The molecule has 1 aromatic carbocycles. The lowest BCUT2D eigenvalue weighted by Gasteiger charge is -2.17. The van der Waals surface area contributed by atoms with Gasteiger partial charge in [-0.15, -0.1) is 10.2 Å². The summed E-state index contributed by atoms with van der Waals surface area (Å²) in [6.07, 6.45) is 2.50. The molecule has 138 valence electrons. The molecule has 2 amide bonds. The van der Waals surface area contributed by atoms with E-state index in [1.165, 1.54) is 28.7 Å². The normalized spacial score (nSPS) is 13.5. The van der Waals surface area contributed by atoms with Crippen molar-refractivity contribution in [2.24, 2.45) is 0 Å². The first-order valence-electron chi connectivity index (χ1n) is 8.63. The van der Waals surface area contributed by atoms with Crippen LogP contribution in [0.15, 0.2) is 22.5 Å². The largest absolute Gasteiger partial charge is 0.325 e. The van der Waals surface area contributed by atoms with Gasteiger partial charge >= 0.3 is 0 Å². The first kappa shape index (κ1) is 18.8. The van der Waals surface area contributed by atoms with Crippen LogP contribution in [0.2, 0.25) is 0 Å². The Bertz CT molecular complexity index is 817. The summed E-state index contributed by atoms with van der Waals surface area (Å²) in [5.74, 6) is 0.249. The lowest BCUT2D eigenvalue weighted by molar-refractivity contribution is -0.118. The summed E-state index contributed by atoms with van der Waals surface area (Å²) in [7, 11) is 0. The number of aromatic nitrogens is 2. The number of hydrogen-bond acceptors (Lipinski definition) is 6. The zero-order valence-electron chi connectivity index (χ0n) is 15.1. The Balaban J connectivity index is 1.56. The molecule has 0 radical (unpaired) electrons. The molecule has 0 atom stereocenters. The van der Waals surface area contributed by atoms with Gasteiger partial charge in [0.15, 0.2) is 4.34 Å². The second-order valence-electron chi connectivity index (χ2n) is 6.33. The van der Waals surface area contributed by atoms with Crippen molar-refractivity contribution in [3.05, 3.63) is 29.3 Å². The lowest BCUT2D eigenvalue weighted by atomic mass is 10.1. The van der Waals surface area contributed by atoms with Gasteiger partial charge in [0.05, 0.1) is 5.75 Å². The van der Waals surface area contributed by atoms with Gasteiger partial charge in [-0.1, -0.05) is 36.1 Å². The van der Waals surface area contributed by atoms with Crippen LogP contribution in [-0.2, 0) is 9.59 Å². The predicted molar refractivity (Wildman–Crippen MR) is 106 cm³/mol. The van der Waals surface area contributed by atoms with Gasteiger partial charge in [-0.3, -0.25) is 14.5 Å². The van der Waals surface area contributed by atoms with Crippen molar-refractivity contribution < 1.29 is 9.59 Å². The van der Waals surface area contributed by atoms with E-state index in [1.54, 1.807) is 4.90 Å². The first-order chi connectivity index (χ1) is 12.5. The third kappa shape index (κ3) is 4.62. The molecule has 1 saturated carbocycles. The number of carbonyl (C=O) groups excluding carboxylic acids is 2. The van der Waals surface area contributed by atoms with E-state index < -0.39 is 0 Å². The SMILES string of the molecule is CCC(=O)N(c1nnc(SCC(=O)Nc2ccc(C)c(C)c2)s1)C1CC1. The molecule has 0 saturated heterocycles. The topological polar surface area (TPSA) is 75.2 Å². The Morgan fingerprint density at radius 2 is 2.04 bits per heavy atom. The van der Waals surface area contributed by atoms with Crippen LogP contribution in [0.25, 0.3) is 0 Å². The predicted octanol–water partition coefficient (Wildman–Crippen LogP) is 3.79. The van der Waals surface area contributed by atoms with Crippen molar-refractivity contribution in [3.8, 4) is 0 Å². The van der Waals surface area contributed by atoms with E-state index in [1.807, 2.05) is 39.0 Å². The molecule has 2 aromatic rings. The first-order valence-corrected chi connectivity index (χ1v) is 10.4. The van der Waals surface area contributed by atoms with Crippen molar-refractivity contribution >= 4 is 45.7 Å². The van der Waals surface area contributed by atoms with E-state index in [2.05, 4.69) is 15.5 Å². The molecule has 0 aliphatic heterocycles. The molecule has 1 fully saturated rings. The highest BCUT2D eigenvalue weighted by atomic mass is 32.2. The molecule has 26 heavy (non-hydrogen) atoms. The zero-order valence-corrected chi connectivity index (χ0v) is 16.7. The fourth-order valence-electron chi connectivity index (χ4n) is 2.47. The number of hydrogen-bond donors (Lipinski definition) is 1. The van der Waals surface area contributed by atoms with Crippen molar-refractivity contribution in [2.75, 3.05) is 16.0 Å². The van der Waals surface area contributed by atoms with Gasteiger partial charge in [0, 0.05) is 18.2 Å². The quantitative estimate of drug-likeness (QED) is 0.575. The van der Waals surface area contributed by atoms with Crippen molar-refractivity contribution in [1.82, 2.24) is 10.2 Å². The zero-order chi connectivity index (χ0) is 18.7. The number of nitrogens with zero attached hydrogens (tertiary/aromatic N) is 3. The van der Waals surface area contributed by atoms with Crippen LogP contribution in [0, 0.1) is 13.8 Å². The van der Waals surface area contributed by atoms with E-state index in [4.69, 9.17) is 0 Å². The molecule has 0 unspecified atom stereocenters. The van der Waals surface area contributed by atoms with Gasteiger partial charge in [0.25, 0.3) is 0 Å². The van der Waals surface area contributed by atoms with Crippen LogP contribution < -0.4 is 10.2 Å². The summed E-state index contributed by atoms with van der Waals surface area (Å²) in [5.41, 5.74) is 3.13. The van der Waals surface area contributed by atoms with Crippen molar-refractivity contribution in [3.63, 3.8) is 0 Å². The number of aryl methyl sites for hydroxylation is 2. The maximum atomic E-state index is 12.2. The van der Waals surface area contributed by atoms with Crippen LogP contribution in [0.4, 0.5) is 10.8 Å². The Kier molecular flexibility index (Phi) is 5.93. The van der Waals surface area contributed by atoms with Gasteiger partial charge in [-0.05, 0) is 49.9 Å². The molecular formula is C18H22N4O2S2. The van der Waals surface area contributed by atoms with Crippen molar-refractivity contribution in [1.29, 1.82) is 0 Å². The minimum absolute atomic E-state index is 0.0766. The molecule has 0 bridgehead atoms. The van der Waals surface area contributed by atoms with Gasteiger partial charge in [0.2, 0.25) is 16.9 Å². The standard InChI is InChI=1S/C18H22N4O2S2/c1-4-16(24)22(14-7-8-14)17-20-21-18(26-17)25-10-15(23)19-13-6-5-11(2)12(3)9-13/h5-6,9,14H,4,7-8,10H2,1-3H3,(H,19,23). The fraction of sp³-hybridized carbons (Fsp3) is 0.444. The highest BCUT2D eigenvalue weighted by molar-refractivity contribution is 8.01. The van der Waals surface area contributed by atoms with Crippen LogP contribution in [0.3, 0.4) is 0 Å². The number of rotatable bonds is 7. The molecular weight excluding hydrogens is 368 g/mol. The number of carbonyl (C=O) groups is 2. The highest BCUT2D eigenvalue weighted by Gasteiger charge is 2.35. The maximum Gasteiger partial charge on any atom is 0.234 e. The number of benzene rings is 1. The Hall–Kier alpha value is -1.93. The molecule has 0 spiro atoms. The summed E-state index contributed by atoms with van der Waals surface area (Å²) in [6.45, 7) is 5.91. The number of nitrogens with one attached hydrogen (secondary N) is 1. The van der Waals surface area contributed by atoms with Crippen LogP contribution in [-0.4, -0.2) is 33.8 Å². The van der Waals surface area contributed by atoms with Crippen LogP contribution in [0.1, 0.15) is 37.3 Å². The number of anilines is 2. The number of thioether (sulfide) groups is 1. The van der Waals surface area contributed by atoms with Crippen molar-refractivity contribution in [2.45, 2.75) is 50.4 Å². The van der Waals surface area contributed by atoms with Gasteiger partial charge < -0.3 is 5.32 Å². The third-order valence-electron chi connectivity index (χ3n) is 4.20. The average Bonchev–Trinajstić information content (AvgIpc) is 3.34. The maximum absolute atomic E-state index is 12.2. The van der Waals surface area contributed by atoms with Gasteiger partial charge in [0.1, 0.15) is 0 Å². The Labute approximate surface area is 161 Å². The molecule has 1 aliphatic carbocycles. The van der Waals surface area contributed by atoms with Crippen LogP contribution in [0.5, 0.6) is 0 Å². The van der Waals surface area contributed by atoms with E-state index in [0.29, 0.717) is 15.9 Å². The average molecular weight is 391 g/mol. The molecule has 1 N–H and O–H groups in total. The monoisotopic (exact) mass is 390 g/mol. The highest BCUT2D eigenvalue weighted by Crippen LogP contribution is 2.36. The van der Waals surface area contributed by atoms with E-state index in [0.717, 1.165) is 24.1 Å². The Morgan fingerprint density at radius 3 is 2.69 bits per heavy atom. The Morgan fingerprint density at radius 1 is 1.27 bits per heavy atom. The molecule has 8 heteroatoms. The molecule has 1 aromatic heterocycles. The summed E-state index contributed by atoms with van der Waals surface area (Å²) in [6, 6.07) is 6.12. The van der Waals surface area contributed by atoms with E-state index in [9.17, 15) is 9.59 Å². The second-order valence-corrected chi connectivity index (χ2v) is 8.51. The molecule has 1 aliphatic rings. The summed E-state index contributed by atoms with van der Waals surface area (Å²) >= 11 is 2.71.